The maximum atomic E-state index is 12.6. The summed E-state index contributed by atoms with van der Waals surface area (Å²) in [6, 6.07) is 1.94. The van der Waals surface area contributed by atoms with E-state index in [1.807, 2.05) is 25.1 Å². The molecule has 0 aliphatic carbocycles. The second kappa shape index (κ2) is 7.27. The standard InChI is InChI=1S/C18H21N7O2S/c1-10-15(28-23-22-10)17(27)25-6-4-11(5-7-25)13-8-14-12(16(26)20-13)9-19-18(21-14)24(2)3/h8-9,11H,4-7H2,1-3H3,(H,20,26). The monoisotopic (exact) mass is 399 g/mol. The summed E-state index contributed by atoms with van der Waals surface area (Å²) in [5, 5.41) is 4.40. The number of likely N-dealkylation sites (tertiary alicyclic amines) is 1. The summed E-state index contributed by atoms with van der Waals surface area (Å²) in [5.41, 5.74) is 2.00. The average Bonchev–Trinajstić information content (AvgIpc) is 3.13. The van der Waals surface area contributed by atoms with Crippen LogP contribution in [0.5, 0.6) is 0 Å². The highest BCUT2D eigenvalue weighted by Crippen LogP contribution is 2.28. The summed E-state index contributed by atoms with van der Waals surface area (Å²) in [6.45, 7) is 3.06. The van der Waals surface area contributed by atoms with Crippen molar-refractivity contribution in [3.05, 3.63) is 38.9 Å². The Morgan fingerprint density at radius 2 is 2.07 bits per heavy atom. The number of pyridine rings is 1. The summed E-state index contributed by atoms with van der Waals surface area (Å²) in [5.74, 6) is 0.735. The van der Waals surface area contributed by atoms with E-state index in [1.165, 1.54) is 0 Å². The number of piperidine rings is 1. The zero-order chi connectivity index (χ0) is 19.8. The Morgan fingerprint density at radius 1 is 1.32 bits per heavy atom. The van der Waals surface area contributed by atoms with Crippen LogP contribution < -0.4 is 10.5 Å². The van der Waals surface area contributed by atoms with Gasteiger partial charge in [0.05, 0.1) is 16.6 Å². The van der Waals surface area contributed by atoms with E-state index in [9.17, 15) is 9.59 Å². The first-order valence-corrected chi connectivity index (χ1v) is 9.87. The summed E-state index contributed by atoms with van der Waals surface area (Å²) >= 11 is 1.14. The van der Waals surface area contributed by atoms with E-state index in [1.54, 1.807) is 18.0 Å². The minimum Gasteiger partial charge on any atom is -0.347 e. The van der Waals surface area contributed by atoms with E-state index < -0.39 is 0 Å². The van der Waals surface area contributed by atoms with Gasteiger partial charge in [0.15, 0.2) is 0 Å². The highest BCUT2D eigenvalue weighted by molar-refractivity contribution is 7.07. The predicted octanol–water partition coefficient (Wildman–Crippen LogP) is 1.56. The molecule has 1 aliphatic heterocycles. The maximum absolute atomic E-state index is 12.6. The lowest BCUT2D eigenvalue weighted by molar-refractivity contribution is 0.0716. The molecule has 0 bridgehead atoms. The lowest BCUT2D eigenvalue weighted by Gasteiger charge is -2.31. The van der Waals surface area contributed by atoms with Gasteiger partial charge in [-0.3, -0.25) is 9.59 Å². The van der Waals surface area contributed by atoms with Crippen LogP contribution in [0.4, 0.5) is 5.95 Å². The number of aromatic amines is 1. The first kappa shape index (κ1) is 18.5. The molecule has 10 heteroatoms. The molecular weight excluding hydrogens is 378 g/mol. The van der Waals surface area contributed by atoms with E-state index in [0.717, 1.165) is 30.1 Å². The molecule has 1 saturated heterocycles. The van der Waals surface area contributed by atoms with Gasteiger partial charge in [0.2, 0.25) is 5.95 Å². The van der Waals surface area contributed by atoms with Crippen molar-refractivity contribution in [3.63, 3.8) is 0 Å². The van der Waals surface area contributed by atoms with Gasteiger partial charge < -0.3 is 14.8 Å². The molecule has 0 radical (unpaired) electrons. The third-order valence-corrected chi connectivity index (χ3v) is 5.88. The van der Waals surface area contributed by atoms with Gasteiger partial charge in [-0.05, 0) is 37.4 Å². The number of H-pyrrole nitrogens is 1. The van der Waals surface area contributed by atoms with Gasteiger partial charge >= 0.3 is 0 Å². The van der Waals surface area contributed by atoms with E-state index in [0.29, 0.717) is 40.5 Å². The summed E-state index contributed by atoms with van der Waals surface area (Å²) in [7, 11) is 3.73. The maximum Gasteiger partial charge on any atom is 0.267 e. The third kappa shape index (κ3) is 3.35. The number of amides is 1. The van der Waals surface area contributed by atoms with Gasteiger partial charge in [-0.25, -0.2) is 9.97 Å². The van der Waals surface area contributed by atoms with Crippen LogP contribution >= 0.6 is 11.5 Å². The van der Waals surface area contributed by atoms with Crippen molar-refractivity contribution in [2.45, 2.75) is 25.7 Å². The predicted molar refractivity (Wildman–Crippen MR) is 107 cm³/mol. The Morgan fingerprint density at radius 3 is 2.71 bits per heavy atom. The number of nitrogens with one attached hydrogen (secondary N) is 1. The van der Waals surface area contributed by atoms with Crippen LogP contribution in [-0.2, 0) is 0 Å². The molecule has 3 aromatic heterocycles. The van der Waals surface area contributed by atoms with Crippen LogP contribution in [0.2, 0.25) is 0 Å². The first-order valence-electron chi connectivity index (χ1n) is 9.09. The Kier molecular flexibility index (Phi) is 4.80. The quantitative estimate of drug-likeness (QED) is 0.712. The second-order valence-corrected chi connectivity index (χ2v) is 7.93. The molecule has 1 N–H and O–H groups in total. The van der Waals surface area contributed by atoms with E-state index >= 15 is 0 Å². The Hall–Kier alpha value is -2.88. The van der Waals surface area contributed by atoms with Crippen LogP contribution in [-0.4, -0.2) is 62.5 Å². The number of aryl methyl sites for hydroxylation is 1. The zero-order valence-electron chi connectivity index (χ0n) is 16.0. The lowest BCUT2D eigenvalue weighted by atomic mass is 9.92. The normalized spacial score (nSPS) is 15.2. The molecule has 3 aromatic rings. The van der Waals surface area contributed by atoms with Crippen LogP contribution in [0, 0.1) is 6.92 Å². The molecule has 0 saturated carbocycles. The molecule has 4 heterocycles. The van der Waals surface area contributed by atoms with Gasteiger partial charge in [0, 0.05) is 45.0 Å². The number of hydrogen-bond acceptors (Lipinski definition) is 8. The SMILES string of the molecule is Cc1nnsc1C(=O)N1CCC(c2cc3nc(N(C)C)ncc3c(=O)[nH]2)CC1. The minimum atomic E-state index is -0.178. The fraction of sp³-hybridized carbons (Fsp3) is 0.444. The number of fused-ring (bicyclic) bond motifs is 1. The fourth-order valence-electron chi connectivity index (χ4n) is 3.45. The summed E-state index contributed by atoms with van der Waals surface area (Å²) in [4.78, 5) is 41.0. The first-order chi connectivity index (χ1) is 13.4. The average molecular weight is 399 g/mol. The Bertz CT molecular complexity index is 1080. The topological polar surface area (TPSA) is 108 Å². The Labute approximate surface area is 165 Å². The molecule has 1 aliphatic rings. The van der Waals surface area contributed by atoms with Crippen LogP contribution in [0.1, 0.15) is 39.8 Å². The number of carbonyl (C=O) groups excluding carboxylic acids is 1. The van der Waals surface area contributed by atoms with Crippen LogP contribution in [0.15, 0.2) is 17.1 Å². The van der Waals surface area contributed by atoms with Gasteiger partial charge in [-0.15, -0.1) is 5.10 Å². The van der Waals surface area contributed by atoms with Gasteiger partial charge in [0.1, 0.15) is 4.88 Å². The van der Waals surface area contributed by atoms with Crippen molar-refractivity contribution >= 4 is 34.3 Å². The van der Waals surface area contributed by atoms with Crippen molar-refractivity contribution in [3.8, 4) is 0 Å². The minimum absolute atomic E-state index is 0.0127. The molecule has 146 valence electrons. The molecular formula is C18H21N7O2S. The van der Waals surface area contributed by atoms with Crippen molar-refractivity contribution in [1.29, 1.82) is 0 Å². The molecule has 28 heavy (non-hydrogen) atoms. The number of carbonyl (C=O) groups is 1. The zero-order valence-corrected chi connectivity index (χ0v) is 16.8. The van der Waals surface area contributed by atoms with Crippen LogP contribution in [0.25, 0.3) is 10.9 Å². The fourth-order valence-corrected chi connectivity index (χ4v) is 4.08. The van der Waals surface area contributed by atoms with Crippen molar-refractivity contribution in [2.75, 3.05) is 32.1 Å². The molecule has 0 spiro atoms. The van der Waals surface area contributed by atoms with Gasteiger partial charge in [-0.1, -0.05) is 4.49 Å². The number of anilines is 1. The molecule has 0 aromatic carbocycles. The van der Waals surface area contributed by atoms with E-state index in [2.05, 4.69) is 24.5 Å². The number of hydrogen-bond donors (Lipinski definition) is 1. The highest BCUT2D eigenvalue weighted by atomic mass is 32.1. The van der Waals surface area contributed by atoms with Crippen LogP contribution in [0.3, 0.4) is 0 Å². The second-order valence-electron chi connectivity index (χ2n) is 7.17. The molecule has 9 nitrogen and oxygen atoms in total. The summed E-state index contributed by atoms with van der Waals surface area (Å²) in [6.07, 6.45) is 3.13. The van der Waals surface area contributed by atoms with Crippen molar-refractivity contribution < 1.29 is 4.79 Å². The molecule has 1 fully saturated rings. The number of rotatable bonds is 3. The number of aromatic nitrogens is 5. The number of nitrogens with zero attached hydrogens (tertiary/aromatic N) is 6. The van der Waals surface area contributed by atoms with Crippen molar-refractivity contribution in [2.24, 2.45) is 0 Å². The Balaban J connectivity index is 1.54. The van der Waals surface area contributed by atoms with E-state index in [-0.39, 0.29) is 17.4 Å². The smallest absolute Gasteiger partial charge is 0.267 e. The highest BCUT2D eigenvalue weighted by Gasteiger charge is 2.27. The van der Waals surface area contributed by atoms with Crippen molar-refractivity contribution in [1.82, 2.24) is 29.4 Å². The summed E-state index contributed by atoms with van der Waals surface area (Å²) < 4.78 is 3.85. The van der Waals surface area contributed by atoms with Gasteiger partial charge in [0.25, 0.3) is 11.5 Å². The largest absolute Gasteiger partial charge is 0.347 e. The molecule has 0 atom stereocenters. The van der Waals surface area contributed by atoms with Gasteiger partial charge in [-0.2, -0.15) is 0 Å². The molecule has 1 amide bonds. The van der Waals surface area contributed by atoms with E-state index in [4.69, 9.17) is 0 Å². The molecule has 4 rings (SSSR count). The lowest BCUT2D eigenvalue weighted by Crippen LogP contribution is -2.38. The third-order valence-electron chi connectivity index (χ3n) is 5.07. The molecule has 0 unspecified atom stereocenters.